The lowest BCUT2D eigenvalue weighted by molar-refractivity contribution is -0.137. The van der Waals surface area contributed by atoms with Crippen LogP contribution in [0.1, 0.15) is 0 Å². The monoisotopic (exact) mass is 239 g/mol. The van der Waals surface area contributed by atoms with Crippen LogP contribution < -0.4 is 5.32 Å². The number of aromatic hydroxyl groups is 1. The SMILES string of the molecule is O=C(O)C1CSC(Nc2ncccc2O)=N1. The molecule has 2 heterocycles. The largest absolute Gasteiger partial charge is 0.504 e. The molecule has 1 atom stereocenters. The summed E-state index contributed by atoms with van der Waals surface area (Å²) < 4.78 is 0. The Morgan fingerprint density at radius 3 is 3.06 bits per heavy atom. The maximum absolute atomic E-state index is 10.7. The molecule has 0 radical (unpaired) electrons. The predicted molar refractivity (Wildman–Crippen MR) is 60.8 cm³/mol. The minimum absolute atomic E-state index is 0.00424. The first-order valence-corrected chi connectivity index (χ1v) is 5.50. The average Bonchev–Trinajstić information content (AvgIpc) is 2.70. The number of pyridine rings is 1. The van der Waals surface area contributed by atoms with Crippen molar-refractivity contribution in [2.24, 2.45) is 4.99 Å². The number of aliphatic imine (C=N–C) groups is 1. The molecule has 0 aromatic carbocycles. The second-order valence-electron chi connectivity index (χ2n) is 3.10. The first kappa shape index (κ1) is 10.7. The van der Waals surface area contributed by atoms with E-state index in [0.29, 0.717) is 10.9 Å². The van der Waals surface area contributed by atoms with Gasteiger partial charge < -0.3 is 15.5 Å². The molecular weight excluding hydrogens is 230 g/mol. The summed E-state index contributed by atoms with van der Waals surface area (Å²) in [6.07, 6.45) is 1.52. The highest BCUT2D eigenvalue weighted by molar-refractivity contribution is 8.14. The molecule has 1 unspecified atom stereocenters. The molecule has 1 aromatic heterocycles. The van der Waals surface area contributed by atoms with E-state index in [2.05, 4.69) is 15.3 Å². The number of aromatic nitrogens is 1. The van der Waals surface area contributed by atoms with Gasteiger partial charge in [-0.15, -0.1) is 0 Å². The Morgan fingerprint density at radius 2 is 2.44 bits per heavy atom. The number of hydrogen-bond acceptors (Lipinski definition) is 6. The highest BCUT2D eigenvalue weighted by atomic mass is 32.2. The molecule has 3 N–H and O–H groups in total. The van der Waals surface area contributed by atoms with E-state index < -0.39 is 12.0 Å². The molecule has 0 aliphatic carbocycles. The van der Waals surface area contributed by atoms with Crippen molar-refractivity contribution >= 4 is 28.7 Å². The van der Waals surface area contributed by atoms with Gasteiger partial charge in [0.25, 0.3) is 0 Å². The number of aliphatic carboxylic acids is 1. The van der Waals surface area contributed by atoms with E-state index in [1.54, 1.807) is 6.07 Å². The van der Waals surface area contributed by atoms with Gasteiger partial charge >= 0.3 is 5.97 Å². The van der Waals surface area contributed by atoms with Crippen molar-refractivity contribution in [2.45, 2.75) is 6.04 Å². The van der Waals surface area contributed by atoms with Crippen LogP contribution in [-0.4, -0.2) is 38.1 Å². The number of anilines is 1. The van der Waals surface area contributed by atoms with Gasteiger partial charge in [0, 0.05) is 11.9 Å². The topological polar surface area (TPSA) is 94.8 Å². The Kier molecular flexibility index (Phi) is 2.95. The van der Waals surface area contributed by atoms with Crippen molar-refractivity contribution in [2.75, 3.05) is 11.1 Å². The normalized spacial score (nSPS) is 19.2. The smallest absolute Gasteiger partial charge is 0.329 e. The van der Waals surface area contributed by atoms with Gasteiger partial charge in [0.05, 0.1) is 0 Å². The molecule has 16 heavy (non-hydrogen) atoms. The Labute approximate surface area is 95.4 Å². The van der Waals surface area contributed by atoms with Crippen LogP contribution in [0, 0.1) is 0 Å². The second kappa shape index (κ2) is 4.40. The van der Waals surface area contributed by atoms with Crippen LogP contribution in [0.5, 0.6) is 5.75 Å². The molecule has 6 nitrogen and oxygen atoms in total. The zero-order chi connectivity index (χ0) is 11.5. The summed E-state index contributed by atoms with van der Waals surface area (Å²) in [5.41, 5.74) is 0. The molecule has 7 heteroatoms. The molecule has 1 aromatic rings. The maximum atomic E-state index is 10.7. The summed E-state index contributed by atoms with van der Waals surface area (Å²) in [6, 6.07) is 2.37. The first-order chi connectivity index (χ1) is 7.66. The van der Waals surface area contributed by atoms with Crippen LogP contribution in [-0.2, 0) is 4.79 Å². The lowest BCUT2D eigenvalue weighted by atomic mass is 10.4. The number of thioether (sulfide) groups is 1. The van der Waals surface area contributed by atoms with Gasteiger partial charge in [0.2, 0.25) is 0 Å². The van der Waals surface area contributed by atoms with Crippen molar-refractivity contribution in [1.82, 2.24) is 4.98 Å². The van der Waals surface area contributed by atoms with Crippen LogP contribution in [0.2, 0.25) is 0 Å². The minimum atomic E-state index is -0.949. The van der Waals surface area contributed by atoms with Crippen molar-refractivity contribution in [3.63, 3.8) is 0 Å². The number of rotatable bonds is 2. The van der Waals surface area contributed by atoms with Gasteiger partial charge in [-0.2, -0.15) is 0 Å². The van der Waals surface area contributed by atoms with Crippen LogP contribution in [0.3, 0.4) is 0 Å². The Balaban J connectivity index is 2.09. The van der Waals surface area contributed by atoms with Crippen LogP contribution in [0.15, 0.2) is 23.3 Å². The van der Waals surface area contributed by atoms with E-state index in [0.717, 1.165) is 0 Å². The molecule has 1 aliphatic rings. The maximum Gasteiger partial charge on any atom is 0.329 e. The fraction of sp³-hybridized carbons (Fsp3) is 0.222. The molecule has 2 rings (SSSR count). The Morgan fingerprint density at radius 1 is 1.62 bits per heavy atom. The number of amidine groups is 1. The molecule has 0 bridgehead atoms. The van der Waals surface area contributed by atoms with Gasteiger partial charge in [0.1, 0.15) is 0 Å². The van der Waals surface area contributed by atoms with Crippen molar-refractivity contribution in [1.29, 1.82) is 0 Å². The third kappa shape index (κ3) is 2.25. The van der Waals surface area contributed by atoms with Crippen molar-refractivity contribution < 1.29 is 15.0 Å². The molecule has 0 saturated heterocycles. The minimum Gasteiger partial charge on any atom is -0.504 e. The van der Waals surface area contributed by atoms with Crippen molar-refractivity contribution in [3.8, 4) is 5.75 Å². The van der Waals surface area contributed by atoms with E-state index in [1.807, 2.05) is 0 Å². The molecule has 84 valence electrons. The molecular formula is C9H9N3O3S. The summed E-state index contributed by atoms with van der Waals surface area (Å²) in [7, 11) is 0. The summed E-state index contributed by atoms with van der Waals surface area (Å²) in [5.74, 6) is -0.274. The highest BCUT2D eigenvalue weighted by Gasteiger charge is 2.24. The lowest BCUT2D eigenvalue weighted by Crippen LogP contribution is -2.17. The van der Waals surface area contributed by atoms with E-state index in [-0.39, 0.29) is 11.6 Å². The molecule has 0 amide bonds. The van der Waals surface area contributed by atoms with Gasteiger partial charge in [-0.05, 0) is 12.1 Å². The van der Waals surface area contributed by atoms with Gasteiger partial charge in [0.15, 0.2) is 22.8 Å². The number of carboxylic acid groups (broad SMARTS) is 1. The summed E-state index contributed by atoms with van der Waals surface area (Å²) in [5, 5.41) is 21.4. The molecule has 0 spiro atoms. The van der Waals surface area contributed by atoms with E-state index in [9.17, 15) is 9.90 Å². The van der Waals surface area contributed by atoms with E-state index in [1.165, 1.54) is 24.0 Å². The summed E-state index contributed by atoms with van der Waals surface area (Å²) in [6.45, 7) is 0. The Bertz CT molecular complexity index is 449. The predicted octanol–water partition coefficient (Wildman–Crippen LogP) is 0.755. The summed E-state index contributed by atoms with van der Waals surface area (Å²) >= 11 is 1.29. The molecule has 0 saturated carbocycles. The lowest BCUT2D eigenvalue weighted by Gasteiger charge is -2.04. The van der Waals surface area contributed by atoms with Crippen molar-refractivity contribution in [3.05, 3.63) is 18.3 Å². The average molecular weight is 239 g/mol. The van der Waals surface area contributed by atoms with Crippen LogP contribution >= 0.6 is 11.8 Å². The quantitative estimate of drug-likeness (QED) is 0.705. The molecule has 0 fully saturated rings. The van der Waals surface area contributed by atoms with E-state index >= 15 is 0 Å². The molecule has 1 aliphatic heterocycles. The zero-order valence-electron chi connectivity index (χ0n) is 8.12. The number of hydrogen-bond donors (Lipinski definition) is 3. The fourth-order valence-corrected chi connectivity index (χ4v) is 2.07. The van der Waals surface area contributed by atoms with Crippen LogP contribution in [0.25, 0.3) is 0 Å². The number of nitrogens with one attached hydrogen (secondary N) is 1. The first-order valence-electron chi connectivity index (χ1n) is 4.51. The van der Waals surface area contributed by atoms with Gasteiger partial charge in [-0.25, -0.2) is 14.8 Å². The number of carboxylic acids is 1. The number of carbonyl (C=O) groups is 1. The zero-order valence-corrected chi connectivity index (χ0v) is 8.94. The highest BCUT2D eigenvalue weighted by Crippen LogP contribution is 2.24. The third-order valence-electron chi connectivity index (χ3n) is 1.95. The second-order valence-corrected chi connectivity index (χ2v) is 4.10. The standard InChI is InChI=1S/C9H9N3O3S/c13-6-2-1-3-10-7(6)12-9-11-5(4-16-9)8(14)15/h1-3,5,13H,4H2,(H,14,15)(H,10,11,12). The Hall–Kier alpha value is -1.76. The third-order valence-corrected chi connectivity index (χ3v) is 2.91. The number of nitrogens with zero attached hydrogens (tertiary/aromatic N) is 2. The summed E-state index contributed by atoms with van der Waals surface area (Å²) in [4.78, 5) is 18.5. The fourth-order valence-electron chi connectivity index (χ4n) is 1.16. The van der Waals surface area contributed by atoms with Gasteiger partial charge in [-0.3, -0.25) is 0 Å². The van der Waals surface area contributed by atoms with Gasteiger partial charge in [-0.1, -0.05) is 11.8 Å². The van der Waals surface area contributed by atoms with E-state index in [4.69, 9.17) is 5.11 Å². The van der Waals surface area contributed by atoms with Crippen LogP contribution in [0.4, 0.5) is 5.82 Å².